The number of hydrogen-bond donors (Lipinski definition) is 2. The summed E-state index contributed by atoms with van der Waals surface area (Å²) in [6.45, 7) is 4.36. The van der Waals surface area contributed by atoms with Crippen LogP contribution in [-0.4, -0.2) is 47.9 Å². The van der Waals surface area contributed by atoms with Gasteiger partial charge in [0.1, 0.15) is 5.54 Å². The normalized spacial score (nSPS) is 27.7. The number of hydrogen-bond acceptors (Lipinski definition) is 3. The van der Waals surface area contributed by atoms with E-state index in [9.17, 15) is 9.59 Å². The van der Waals surface area contributed by atoms with Crippen molar-refractivity contribution in [3.05, 3.63) is 35.9 Å². The van der Waals surface area contributed by atoms with E-state index in [-0.39, 0.29) is 17.9 Å². The van der Waals surface area contributed by atoms with Gasteiger partial charge in [0.05, 0.1) is 0 Å². The Labute approximate surface area is 137 Å². The van der Waals surface area contributed by atoms with Crippen molar-refractivity contribution in [3.8, 4) is 0 Å². The molecular weight excluding hydrogens is 290 g/mol. The lowest BCUT2D eigenvalue weighted by Crippen LogP contribution is -2.59. The van der Waals surface area contributed by atoms with E-state index >= 15 is 0 Å². The summed E-state index contributed by atoms with van der Waals surface area (Å²) in [6, 6.07) is 9.39. The van der Waals surface area contributed by atoms with Crippen LogP contribution in [0.1, 0.15) is 43.0 Å². The smallest absolute Gasteiger partial charge is 0.254 e. The van der Waals surface area contributed by atoms with E-state index in [1.165, 1.54) is 0 Å². The van der Waals surface area contributed by atoms with Crippen molar-refractivity contribution < 1.29 is 9.59 Å². The molecule has 0 saturated carbocycles. The Bertz CT molecular complexity index is 569. The Morgan fingerprint density at radius 1 is 1.26 bits per heavy atom. The summed E-state index contributed by atoms with van der Waals surface area (Å²) >= 11 is 0. The maximum atomic E-state index is 12.8. The molecule has 0 aromatic heterocycles. The average molecular weight is 315 g/mol. The highest BCUT2D eigenvalue weighted by molar-refractivity contribution is 5.99. The number of carbonyl (C=O) groups is 2. The second kappa shape index (κ2) is 6.71. The van der Waals surface area contributed by atoms with Gasteiger partial charge in [-0.3, -0.25) is 9.59 Å². The fraction of sp³-hybridized carbons (Fsp3) is 0.556. The van der Waals surface area contributed by atoms with Gasteiger partial charge in [0.25, 0.3) is 5.91 Å². The van der Waals surface area contributed by atoms with Crippen LogP contribution in [0, 0.1) is 0 Å². The standard InChI is InChI=1S/C18H25N3O2/c1-18(17(23)20-15-9-5-11-19-13-15)10-6-12-21(18)16(22)14-7-3-2-4-8-14/h2-4,7-8,15,19H,5-6,9-13H2,1H3,(H,20,23)/t15-,18?/m0/s1. The third-order valence-corrected chi connectivity index (χ3v) is 5.03. The number of nitrogens with one attached hydrogen (secondary N) is 2. The molecule has 5 nitrogen and oxygen atoms in total. The summed E-state index contributed by atoms with van der Waals surface area (Å²) < 4.78 is 0. The van der Waals surface area contributed by atoms with Crippen molar-refractivity contribution >= 4 is 11.8 Å². The lowest BCUT2D eigenvalue weighted by atomic mass is 9.95. The molecule has 1 aromatic rings. The number of piperidine rings is 1. The summed E-state index contributed by atoms with van der Waals surface area (Å²) in [4.78, 5) is 27.4. The monoisotopic (exact) mass is 315 g/mol. The van der Waals surface area contributed by atoms with Gasteiger partial charge < -0.3 is 15.5 Å². The van der Waals surface area contributed by atoms with Crippen molar-refractivity contribution in [2.24, 2.45) is 0 Å². The minimum Gasteiger partial charge on any atom is -0.350 e. The van der Waals surface area contributed by atoms with Crippen molar-refractivity contribution in [2.75, 3.05) is 19.6 Å². The molecule has 0 aliphatic carbocycles. The zero-order valence-corrected chi connectivity index (χ0v) is 13.7. The van der Waals surface area contributed by atoms with E-state index in [1.807, 2.05) is 37.3 Å². The van der Waals surface area contributed by atoms with Crippen LogP contribution in [0.2, 0.25) is 0 Å². The molecule has 1 aromatic carbocycles. The Kier molecular flexibility index (Phi) is 4.66. The number of rotatable bonds is 3. The van der Waals surface area contributed by atoms with Gasteiger partial charge in [-0.2, -0.15) is 0 Å². The van der Waals surface area contributed by atoms with Gasteiger partial charge in [-0.1, -0.05) is 18.2 Å². The lowest BCUT2D eigenvalue weighted by Gasteiger charge is -2.36. The van der Waals surface area contributed by atoms with Crippen LogP contribution in [0.25, 0.3) is 0 Å². The van der Waals surface area contributed by atoms with Crippen molar-refractivity contribution in [2.45, 2.75) is 44.2 Å². The predicted molar refractivity (Wildman–Crippen MR) is 89.2 cm³/mol. The Morgan fingerprint density at radius 3 is 2.74 bits per heavy atom. The van der Waals surface area contributed by atoms with Crippen LogP contribution in [-0.2, 0) is 4.79 Å². The van der Waals surface area contributed by atoms with E-state index in [0.717, 1.165) is 38.8 Å². The van der Waals surface area contributed by atoms with Gasteiger partial charge in [-0.05, 0) is 51.3 Å². The SMILES string of the molecule is CC1(C(=O)N[C@H]2CCCNC2)CCCN1C(=O)c1ccccc1. The fourth-order valence-electron chi connectivity index (χ4n) is 3.58. The molecule has 0 spiro atoms. The molecule has 2 atom stereocenters. The molecule has 2 N–H and O–H groups in total. The second-order valence-electron chi connectivity index (χ2n) is 6.72. The summed E-state index contributed by atoms with van der Waals surface area (Å²) in [5, 5.41) is 6.45. The van der Waals surface area contributed by atoms with Gasteiger partial charge in [0, 0.05) is 24.7 Å². The summed E-state index contributed by atoms with van der Waals surface area (Å²) in [5.41, 5.74) is -0.0996. The molecule has 1 unspecified atom stereocenters. The van der Waals surface area contributed by atoms with Crippen LogP contribution in [0.4, 0.5) is 0 Å². The van der Waals surface area contributed by atoms with E-state index < -0.39 is 5.54 Å². The first-order valence-electron chi connectivity index (χ1n) is 8.50. The highest BCUT2D eigenvalue weighted by atomic mass is 16.2. The molecule has 5 heteroatoms. The second-order valence-corrected chi connectivity index (χ2v) is 6.72. The first kappa shape index (κ1) is 16.0. The highest BCUT2D eigenvalue weighted by Gasteiger charge is 2.46. The Balaban J connectivity index is 1.73. The number of likely N-dealkylation sites (tertiary alicyclic amines) is 1. The highest BCUT2D eigenvalue weighted by Crippen LogP contribution is 2.31. The fourth-order valence-corrected chi connectivity index (χ4v) is 3.58. The maximum absolute atomic E-state index is 12.8. The first-order valence-corrected chi connectivity index (χ1v) is 8.50. The van der Waals surface area contributed by atoms with E-state index in [2.05, 4.69) is 10.6 Å². The molecule has 2 heterocycles. The van der Waals surface area contributed by atoms with Crippen molar-refractivity contribution in [3.63, 3.8) is 0 Å². The molecule has 2 aliphatic rings. The minimum atomic E-state index is -0.746. The molecule has 0 radical (unpaired) electrons. The summed E-state index contributed by atoms with van der Waals surface area (Å²) in [6.07, 6.45) is 3.67. The summed E-state index contributed by atoms with van der Waals surface area (Å²) in [7, 11) is 0. The predicted octanol–water partition coefficient (Wildman–Crippen LogP) is 1.55. The number of carbonyl (C=O) groups excluding carboxylic acids is 2. The van der Waals surface area contributed by atoms with Crippen LogP contribution in [0.15, 0.2) is 30.3 Å². The molecule has 2 fully saturated rings. The number of nitrogens with zero attached hydrogens (tertiary/aromatic N) is 1. The van der Waals surface area contributed by atoms with Crippen LogP contribution < -0.4 is 10.6 Å². The van der Waals surface area contributed by atoms with Crippen LogP contribution in [0.5, 0.6) is 0 Å². The average Bonchev–Trinajstić information content (AvgIpc) is 2.99. The summed E-state index contributed by atoms with van der Waals surface area (Å²) in [5.74, 6) is -0.0736. The van der Waals surface area contributed by atoms with Crippen molar-refractivity contribution in [1.29, 1.82) is 0 Å². The number of benzene rings is 1. The third-order valence-electron chi connectivity index (χ3n) is 5.03. The van der Waals surface area contributed by atoms with Crippen molar-refractivity contribution in [1.82, 2.24) is 15.5 Å². The quantitative estimate of drug-likeness (QED) is 0.890. The number of amides is 2. The zero-order chi connectivity index (χ0) is 16.3. The topological polar surface area (TPSA) is 61.4 Å². The molecule has 2 amide bonds. The van der Waals surface area contributed by atoms with E-state index in [1.54, 1.807) is 4.90 Å². The zero-order valence-electron chi connectivity index (χ0n) is 13.7. The molecule has 0 bridgehead atoms. The Hall–Kier alpha value is -1.88. The van der Waals surface area contributed by atoms with Crippen LogP contribution >= 0.6 is 0 Å². The minimum absolute atomic E-state index is 0.0204. The molecule has 3 rings (SSSR count). The first-order chi connectivity index (χ1) is 11.1. The maximum Gasteiger partial charge on any atom is 0.254 e. The Morgan fingerprint density at radius 2 is 2.04 bits per heavy atom. The molecule has 124 valence electrons. The molecule has 2 saturated heterocycles. The van der Waals surface area contributed by atoms with Gasteiger partial charge in [0.15, 0.2) is 0 Å². The molecular formula is C18H25N3O2. The molecule has 23 heavy (non-hydrogen) atoms. The van der Waals surface area contributed by atoms with Gasteiger partial charge in [0.2, 0.25) is 5.91 Å². The third kappa shape index (κ3) is 3.24. The van der Waals surface area contributed by atoms with Gasteiger partial charge in [-0.25, -0.2) is 0 Å². The van der Waals surface area contributed by atoms with Gasteiger partial charge >= 0.3 is 0 Å². The van der Waals surface area contributed by atoms with Crippen LogP contribution in [0.3, 0.4) is 0 Å². The van der Waals surface area contributed by atoms with E-state index in [0.29, 0.717) is 12.1 Å². The lowest BCUT2D eigenvalue weighted by molar-refractivity contribution is -0.130. The molecule has 2 aliphatic heterocycles. The van der Waals surface area contributed by atoms with E-state index in [4.69, 9.17) is 0 Å². The largest absolute Gasteiger partial charge is 0.350 e. The van der Waals surface area contributed by atoms with Gasteiger partial charge in [-0.15, -0.1) is 0 Å².